The Morgan fingerprint density at radius 2 is 2.11 bits per heavy atom. The van der Waals surface area contributed by atoms with Crippen LogP contribution in [0.2, 0.25) is 0 Å². The molecule has 1 aliphatic rings. The number of thiophene rings is 1. The summed E-state index contributed by atoms with van der Waals surface area (Å²) in [6, 6.07) is 15.7. The van der Waals surface area contributed by atoms with Gasteiger partial charge in [0.15, 0.2) is 0 Å². The number of rotatable bonds is 6. The van der Waals surface area contributed by atoms with E-state index >= 15 is 0 Å². The van der Waals surface area contributed by atoms with Crippen molar-refractivity contribution < 1.29 is 9.53 Å². The molecule has 28 heavy (non-hydrogen) atoms. The van der Waals surface area contributed by atoms with Crippen LogP contribution >= 0.6 is 23.1 Å². The lowest BCUT2D eigenvalue weighted by Crippen LogP contribution is -2.24. The summed E-state index contributed by atoms with van der Waals surface area (Å²) in [5, 5.41) is 5.11. The minimum Gasteiger partial charge on any atom is -0.494 e. The van der Waals surface area contributed by atoms with Crippen molar-refractivity contribution >= 4 is 39.7 Å². The molecule has 0 saturated heterocycles. The van der Waals surface area contributed by atoms with Gasteiger partial charge in [-0.1, -0.05) is 18.2 Å². The summed E-state index contributed by atoms with van der Waals surface area (Å²) in [5.74, 6) is 1.73. The van der Waals surface area contributed by atoms with Crippen LogP contribution in [0.1, 0.15) is 22.2 Å². The molecule has 0 aliphatic carbocycles. The van der Waals surface area contributed by atoms with E-state index in [9.17, 15) is 4.79 Å². The van der Waals surface area contributed by atoms with Gasteiger partial charge in [-0.2, -0.15) is 0 Å². The molecule has 0 saturated carbocycles. The number of hydrogen-bond acceptors (Lipinski definition) is 6. The lowest BCUT2D eigenvalue weighted by atomic mass is 10.2. The zero-order valence-electron chi connectivity index (χ0n) is 15.6. The van der Waals surface area contributed by atoms with Crippen molar-refractivity contribution in [1.82, 2.24) is 10.3 Å². The van der Waals surface area contributed by atoms with Crippen molar-refractivity contribution in [2.75, 3.05) is 23.8 Å². The van der Waals surface area contributed by atoms with Gasteiger partial charge in [0.1, 0.15) is 10.8 Å². The first-order chi connectivity index (χ1) is 13.8. The SMILES string of the molecule is CCOc1ccccc1CNC(=O)c1ccc(N2CCSc3ncccc32)s1. The van der Waals surface area contributed by atoms with Crippen LogP contribution in [0.4, 0.5) is 10.7 Å². The van der Waals surface area contributed by atoms with E-state index in [2.05, 4.69) is 21.3 Å². The lowest BCUT2D eigenvalue weighted by Gasteiger charge is -2.28. The molecule has 144 valence electrons. The van der Waals surface area contributed by atoms with Gasteiger partial charge in [0.05, 0.1) is 22.2 Å². The highest BCUT2D eigenvalue weighted by atomic mass is 32.2. The third-order valence-electron chi connectivity index (χ3n) is 4.39. The number of pyridine rings is 1. The summed E-state index contributed by atoms with van der Waals surface area (Å²) in [6.07, 6.45) is 1.82. The highest BCUT2D eigenvalue weighted by molar-refractivity contribution is 7.99. The zero-order chi connectivity index (χ0) is 19.3. The van der Waals surface area contributed by atoms with Gasteiger partial charge < -0.3 is 15.0 Å². The number of hydrogen-bond donors (Lipinski definition) is 1. The number of para-hydroxylation sites is 1. The molecular weight excluding hydrogens is 390 g/mol. The second-order valence-electron chi connectivity index (χ2n) is 6.19. The first-order valence-electron chi connectivity index (χ1n) is 9.20. The van der Waals surface area contributed by atoms with Gasteiger partial charge in [-0.3, -0.25) is 4.79 Å². The van der Waals surface area contributed by atoms with Crippen LogP contribution in [-0.2, 0) is 6.54 Å². The Morgan fingerprint density at radius 1 is 1.21 bits per heavy atom. The molecule has 0 radical (unpaired) electrons. The van der Waals surface area contributed by atoms with Crippen molar-refractivity contribution in [2.45, 2.75) is 18.5 Å². The number of ether oxygens (including phenoxy) is 1. The molecule has 0 atom stereocenters. The third-order valence-corrected chi connectivity index (χ3v) is 6.47. The maximum Gasteiger partial charge on any atom is 0.261 e. The van der Waals surface area contributed by atoms with Gasteiger partial charge in [0.2, 0.25) is 0 Å². The van der Waals surface area contributed by atoms with Crippen LogP contribution < -0.4 is 15.0 Å². The van der Waals surface area contributed by atoms with E-state index in [-0.39, 0.29) is 5.91 Å². The number of thioether (sulfide) groups is 1. The van der Waals surface area contributed by atoms with Gasteiger partial charge in [0.25, 0.3) is 5.91 Å². The van der Waals surface area contributed by atoms with Crippen molar-refractivity contribution in [3.63, 3.8) is 0 Å². The highest BCUT2D eigenvalue weighted by Gasteiger charge is 2.21. The van der Waals surface area contributed by atoms with E-state index in [1.165, 1.54) is 11.3 Å². The lowest BCUT2D eigenvalue weighted by molar-refractivity contribution is 0.0954. The first-order valence-corrected chi connectivity index (χ1v) is 11.0. The maximum atomic E-state index is 12.7. The second kappa shape index (κ2) is 8.67. The number of benzene rings is 1. The van der Waals surface area contributed by atoms with Crippen molar-refractivity contribution in [2.24, 2.45) is 0 Å². The quantitative estimate of drug-likeness (QED) is 0.636. The van der Waals surface area contributed by atoms with E-state index in [1.54, 1.807) is 11.8 Å². The van der Waals surface area contributed by atoms with Crippen molar-refractivity contribution in [3.8, 4) is 5.75 Å². The monoisotopic (exact) mass is 411 g/mol. The molecule has 0 spiro atoms. The highest BCUT2D eigenvalue weighted by Crippen LogP contribution is 2.40. The average molecular weight is 412 g/mol. The number of anilines is 2. The summed E-state index contributed by atoms with van der Waals surface area (Å²) in [5.41, 5.74) is 2.08. The standard InChI is InChI=1S/C21H21N3O2S2/c1-2-26-17-8-4-3-6-15(17)14-23-20(25)18-9-10-19(28-18)24-12-13-27-21-16(24)7-5-11-22-21/h3-11H,2,12-14H2,1H3,(H,23,25). The Labute approximate surface area is 172 Å². The number of carbonyl (C=O) groups excluding carboxylic acids is 1. The maximum absolute atomic E-state index is 12.7. The average Bonchev–Trinajstić information content (AvgIpc) is 3.23. The summed E-state index contributed by atoms with van der Waals surface area (Å²) in [4.78, 5) is 20.1. The number of nitrogens with one attached hydrogen (secondary N) is 1. The summed E-state index contributed by atoms with van der Waals surface area (Å²) < 4.78 is 5.63. The van der Waals surface area contributed by atoms with Gasteiger partial charge in [-0.25, -0.2) is 4.98 Å². The van der Waals surface area contributed by atoms with E-state index in [4.69, 9.17) is 4.74 Å². The number of carbonyl (C=O) groups is 1. The first kappa shape index (κ1) is 18.8. The Kier molecular flexibility index (Phi) is 5.83. The van der Waals surface area contributed by atoms with Crippen LogP contribution in [0.3, 0.4) is 0 Å². The Balaban J connectivity index is 1.46. The fourth-order valence-corrected chi connectivity index (χ4v) is 4.98. The molecule has 1 aromatic carbocycles. The van der Waals surface area contributed by atoms with Gasteiger partial charge in [0, 0.05) is 30.6 Å². The fraction of sp³-hybridized carbons (Fsp3) is 0.238. The topological polar surface area (TPSA) is 54.5 Å². The largest absolute Gasteiger partial charge is 0.494 e. The molecule has 2 aromatic heterocycles. The summed E-state index contributed by atoms with van der Waals surface area (Å²) in [7, 11) is 0. The van der Waals surface area contributed by atoms with Crippen LogP contribution in [0, 0.1) is 0 Å². The Morgan fingerprint density at radius 3 is 3.00 bits per heavy atom. The molecule has 0 fully saturated rings. The Bertz CT molecular complexity index is 974. The van der Waals surface area contributed by atoms with Gasteiger partial charge in [-0.05, 0) is 37.3 Å². The minimum absolute atomic E-state index is 0.0691. The fourth-order valence-electron chi connectivity index (χ4n) is 3.09. The predicted octanol–water partition coefficient (Wildman–Crippen LogP) is 4.72. The van der Waals surface area contributed by atoms with Crippen molar-refractivity contribution in [1.29, 1.82) is 0 Å². The normalized spacial score (nSPS) is 13.1. The molecule has 0 bridgehead atoms. The van der Waals surface area contributed by atoms with E-state index in [1.807, 2.05) is 55.6 Å². The third kappa shape index (κ3) is 4.00. The number of fused-ring (bicyclic) bond motifs is 1. The van der Waals surface area contributed by atoms with Gasteiger partial charge in [-0.15, -0.1) is 23.1 Å². The van der Waals surface area contributed by atoms with E-state index in [0.29, 0.717) is 18.0 Å². The second-order valence-corrected chi connectivity index (χ2v) is 8.33. The van der Waals surface area contributed by atoms with E-state index in [0.717, 1.165) is 39.3 Å². The van der Waals surface area contributed by atoms with Crippen LogP contribution in [0.5, 0.6) is 5.75 Å². The molecule has 1 N–H and O–H groups in total. The molecule has 7 heteroatoms. The summed E-state index contributed by atoms with van der Waals surface area (Å²) >= 11 is 3.28. The minimum atomic E-state index is -0.0691. The zero-order valence-corrected chi connectivity index (χ0v) is 17.2. The van der Waals surface area contributed by atoms with E-state index < -0.39 is 0 Å². The molecular formula is C21H21N3O2S2. The van der Waals surface area contributed by atoms with Crippen LogP contribution in [0.15, 0.2) is 59.8 Å². The number of nitrogens with zero attached hydrogens (tertiary/aromatic N) is 2. The molecule has 3 aromatic rings. The molecule has 4 rings (SSSR count). The number of aromatic nitrogens is 1. The Hall–Kier alpha value is -2.51. The summed E-state index contributed by atoms with van der Waals surface area (Å²) in [6.45, 7) is 3.90. The van der Waals surface area contributed by atoms with Gasteiger partial charge >= 0.3 is 0 Å². The predicted molar refractivity (Wildman–Crippen MR) is 115 cm³/mol. The molecule has 1 amide bonds. The van der Waals surface area contributed by atoms with Crippen molar-refractivity contribution in [3.05, 3.63) is 65.2 Å². The number of amides is 1. The molecule has 3 heterocycles. The van der Waals surface area contributed by atoms with Crippen LogP contribution in [0.25, 0.3) is 0 Å². The molecule has 0 unspecified atom stereocenters. The smallest absolute Gasteiger partial charge is 0.261 e. The molecule has 5 nitrogen and oxygen atoms in total. The van der Waals surface area contributed by atoms with Crippen LogP contribution in [-0.4, -0.2) is 29.8 Å². The molecule has 1 aliphatic heterocycles.